The van der Waals surface area contributed by atoms with Crippen molar-refractivity contribution in [1.82, 2.24) is 0 Å². The lowest BCUT2D eigenvalue weighted by Crippen LogP contribution is -2.31. The molecular weight excluding hydrogens is 136 g/mol. The van der Waals surface area contributed by atoms with Crippen LogP contribution in [-0.4, -0.2) is 23.0 Å². The second kappa shape index (κ2) is 3.84. The molecule has 0 saturated carbocycles. The first-order chi connectivity index (χ1) is 6.99. The van der Waals surface area contributed by atoms with E-state index in [9.17, 15) is 9.59 Å². The molecule has 0 rings (SSSR count). The van der Waals surface area contributed by atoms with Crippen LogP contribution >= 0.6 is 0 Å². The van der Waals surface area contributed by atoms with Gasteiger partial charge in [-0.3, -0.25) is 9.59 Å². The molecule has 0 aromatic rings. The predicted molar refractivity (Wildman–Crippen MR) is 34.0 cm³/mol. The van der Waals surface area contributed by atoms with E-state index in [4.69, 9.17) is 13.4 Å². The van der Waals surface area contributed by atoms with Gasteiger partial charge in [0.25, 0.3) is 0 Å². The zero-order valence-corrected chi connectivity index (χ0v) is 4.87. The Morgan fingerprint density at radius 3 is 2.80 bits per heavy atom. The Morgan fingerprint density at radius 2 is 2.50 bits per heavy atom. The minimum Gasteiger partial charge on any atom is -0.480 e. The first-order valence-electron chi connectivity index (χ1n) is 5.19. The molecule has 2 atom stereocenters. The van der Waals surface area contributed by atoms with E-state index in [-0.39, 0.29) is 0 Å². The first-order valence-corrected chi connectivity index (χ1v) is 2.22. The van der Waals surface area contributed by atoms with Crippen molar-refractivity contribution in [1.29, 1.82) is 0 Å². The van der Waals surface area contributed by atoms with E-state index in [1.807, 2.05) is 0 Å². The largest absolute Gasteiger partial charge is 0.480 e. The summed E-state index contributed by atoms with van der Waals surface area (Å²) in [7, 11) is 0. The molecule has 5 heteroatoms. The molecule has 1 unspecified atom stereocenters. The number of amides is 1. The Morgan fingerprint density at radius 1 is 1.90 bits per heavy atom. The molecule has 5 nitrogen and oxygen atoms in total. The monoisotopic (exact) mass is 152 g/mol. The van der Waals surface area contributed by atoms with Gasteiger partial charge < -0.3 is 16.6 Å². The van der Waals surface area contributed by atoms with Crippen molar-refractivity contribution in [2.24, 2.45) is 11.5 Å². The van der Waals surface area contributed by atoms with E-state index in [2.05, 4.69) is 5.73 Å². The van der Waals surface area contributed by atoms with Crippen LogP contribution in [0.15, 0.2) is 0 Å². The van der Waals surface area contributed by atoms with E-state index >= 15 is 0 Å². The quantitative estimate of drug-likeness (QED) is 0.453. The van der Waals surface area contributed by atoms with Gasteiger partial charge in [0.05, 0.1) is 1.37 Å². The third-order valence-corrected chi connectivity index (χ3v) is 0.554. The fourth-order valence-corrected chi connectivity index (χ4v) is 0.201. The van der Waals surface area contributed by atoms with Gasteiger partial charge in [-0.05, 0) is 6.37 Å². The van der Waals surface area contributed by atoms with Gasteiger partial charge in [-0.1, -0.05) is 0 Å². The van der Waals surface area contributed by atoms with Gasteiger partial charge >= 0.3 is 5.97 Å². The summed E-state index contributed by atoms with van der Waals surface area (Å²) in [5.41, 5.74) is 3.91. The highest BCUT2D eigenvalue weighted by Gasteiger charge is 2.11. The molecule has 1 amide bonds. The molecule has 0 saturated heterocycles. The summed E-state index contributed by atoms with van der Waals surface area (Å²) in [4.78, 5) is 21.3. The highest BCUT2D eigenvalue weighted by molar-refractivity contribution is 5.76. The molecule has 0 aliphatic carbocycles. The zero-order valence-electron chi connectivity index (χ0n) is 10.9. The summed E-state index contributed by atoms with van der Waals surface area (Å²) in [6, 6.07) is -3.42. The number of carboxylic acids is 1. The maximum absolute atomic E-state index is 10.7. The van der Waals surface area contributed by atoms with Crippen LogP contribution in [0.1, 0.15) is 18.3 Å². The van der Waals surface area contributed by atoms with E-state index in [0.717, 1.165) is 0 Å². The van der Waals surface area contributed by atoms with Crippen molar-refractivity contribution in [2.45, 2.75) is 18.8 Å². The summed E-state index contributed by atoms with van der Waals surface area (Å²) in [5.74, 6) is -3.65. The molecule has 5 N–H and O–H groups in total. The molecular formula is C5H10N2O3. The summed E-state index contributed by atoms with van der Waals surface area (Å²) in [5, 5.41) is 8.62. The van der Waals surface area contributed by atoms with Gasteiger partial charge in [0.15, 0.2) is 0 Å². The number of hydrogen-bond acceptors (Lipinski definition) is 3. The Bertz CT molecular complexity index is 311. The number of rotatable bonds is 5. The van der Waals surface area contributed by atoms with E-state index in [1.54, 1.807) is 0 Å². The number of aliphatic carboxylic acids is 1. The Hall–Kier alpha value is -1.10. The van der Waals surface area contributed by atoms with Crippen molar-refractivity contribution in [2.75, 3.05) is 0 Å². The van der Waals surface area contributed by atoms with Crippen molar-refractivity contribution in [3.8, 4) is 0 Å². The fraction of sp³-hybridized carbons (Fsp3) is 0.600. The Labute approximate surface area is 66.5 Å². The second-order valence-electron chi connectivity index (χ2n) is 1.34. The number of hydrogen-bond donors (Lipinski definition) is 3. The average Bonchev–Trinajstić information content (AvgIpc) is 2.13. The summed E-state index contributed by atoms with van der Waals surface area (Å²) >= 11 is 0. The predicted octanol–water partition coefficient (Wildman–Crippen LogP) is -1.34. The smallest absolute Gasteiger partial charge is 0.320 e. The van der Waals surface area contributed by atoms with Crippen molar-refractivity contribution in [3.63, 3.8) is 0 Å². The second-order valence-corrected chi connectivity index (χ2v) is 1.34. The molecule has 0 aromatic heterocycles. The third-order valence-electron chi connectivity index (χ3n) is 0.554. The normalized spacial score (nSPS) is 29.3. The number of carbonyl (C=O) groups excluding carboxylic acids is 1. The SMILES string of the molecule is [2H]C(C(N)=O)C([2H])([2H])[C@@]([2H])(C(=O)O)N([2H])[2H]. The van der Waals surface area contributed by atoms with Crippen molar-refractivity contribution >= 4 is 11.9 Å². The van der Waals surface area contributed by atoms with E-state index in [1.165, 1.54) is 0 Å². The molecule has 10 heavy (non-hydrogen) atoms. The van der Waals surface area contributed by atoms with Crippen LogP contribution in [-0.2, 0) is 9.59 Å². The standard InChI is InChI=1S/C5H10N2O3/c6-3(5(9)10)1-2-4(7)8/h3H,1-2,6H2,(H2,7,8)(H,9,10)/t3-/m0/s1/i1D2,2D,3D/hD2/t2?,3-. The van der Waals surface area contributed by atoms with Crippen LogP contribution in [0, 0.1) is 0 Å². The minimum absolute atomic E-state index is 0.722. The Kier molecular flexibility index (Phi) is 1.10. The summed E-state index contributed by atoms with van der Waals surface area (Å²) < 4.78 is 42.1. The van der Waals surface area contributed by atoms with Crippen molar-refractivity contribution < 1.29 is 23.0 Å². The van der Waals surface area contributed by atoms with Crippen LogP contribution in [0.2, 0.25) is 2.82 Å². The molecule has 0 radical (unpaired) electrons. The lowest BCUT2D eigenvalue weighted by atomic mass is 10.2. The highest BCUT2D eigenvalue weighted by Crippen LogP contribution is 1.92. The number of carbonyl (C=O) groups is 2. The first kappa shape index (κ1) is 2.87. The Balaban J connectivity index is 5.54. The van der Waals surface area contributed by atoms with Gasteiger partial charge in [-0.15, -0.1) is 0 Å². The van der Waals surface area contributed by atoms with Gasteiger partial charge in [-0.2, -0.15) is 0 Å². The third kappa shape index (κ3) is 3.85. The molecule has 0 aromatic carbocycles. The molecule has 58 valence electrons. The summed E-state index contributed by atoms with van der Waals surface area (Å²) in [6.07, 6.45) is -5.69. The van der Waals surface area contributed by atoms with Gasteiger partial charge in [-0.25, -0.2) is 0 Å². The van der Waals surface area contributed by atoms with Crippen LogP contribution in [0.25, 0.3) is 0 Å². The van der Waals surface area contributed by atoms with Crippen LogP contribution < -0.4 is 11.5 Å². The molecule has 0 fully saturated rings. The van der Waals surface area contributed by atoms with Crippen LogP contribution in [0.3, 0.4) is 0 Å². The lowest BCUT2D eigenvalue weighted by molar-refractivity contribution is -0.138. The average molecular weight is 152 g/mol. The molecule has 0 bridgehead atoms. The van der Waals surface area contributed by atoms with Crippen molar-refractivity contribution in [3.05, 3.63) is 0 Å². The molecule has 0 heterocycles. The van der Waals surface area contributed by atoms with Gasteiger partial charge in [0.2, 0.25) is 5.91 Å². The summed E-state index contributed by atoms with van der Waals surface area (Å²) in [6.45, 7) is 0. The maximum Gasteiger partial charge on any atom is 0.320 e. The minimum atomic E-state index is -3.42. The van der Waals surface area contributed by atoms with E-state index < -0.39 is 36.4 Å². The number of primary amides is 1. The maximum atomic E-state index is 10.7. The number of carboxylic acid groups (broad SMARTS) is 1. The number of nitrogens with two attached hydrogens (primary N) is 2. The zero-order chi connectivity index (χ0) is 13.3. The van der Waals surface area contributed by atoms with Gasteiger partial charge in [0, 0.05) is 10.5 Å². The van der Waals surface area contributed by atoms with Gasteiger partial charge in [0.1, 0.15) is 8.84 Å². The molecule has 0 aliphatic heterocycles. The fourth-order valence-electron chi connectivity index (χ4n) is 0.201. The highest BCUT2D eigenvalue weighted by atomic mass is 16.4. The molecule has 0 aliphatic rings. The molecule has 0 spiro atoms. The van der Waals surface area contributed by atoms with Crippen LogP contribution in [0.5, 0.6) is 0 Å². The van der Waals surface area contributed by atoms with Crippen LogP contribution in [0.4, 0.5) is 0 Å². The lowest BCUT2D eigenvalue weighted by Gasteiger charge is -2.01. The van der Waals surface area contributed by atoms with E-state index in [0.29, 0.717) is 0 Å². The topological polar surface area (TPSA) is 106 Å².